The summed E-state index contributed by atoms with van der Waals surface area (Å²) in [5.41, 5.74) is 6.78. The van der Waals surface area contributed by atoms with Gasteiger partial charge in [0.15, 0.2) is 11.4 Å². The Labute approximate surface area is 159 Å². The molecule has 1 saturated heterocycles. The summed E-state index contributed by atoms with van der Waals surface area (Å²) in [6.07, 6.45) is 3.45. The van der Waals surface area contributed by atoms with Gasteiger partial charge in [-0.3, -0.25) is 4.90 Å². The molecular weight excluding hydrogens is 364 g/mol. The highest BCUT2D eigenvalue weighted by molar-refractivity contribution is 7.09. The largest absolute Gasteiger partial charge is 0.461 e. The molecule has 0 bridgehead atoms. The predicted molar refractivity (Wildman–Crippen MR) is 103 cm³/mol. The highest BCUT2D eigenvalue weighted by Crippen LogP contribution is 2.22. The van der Waals surface area contributed by atoms with Crippen LogP contribution in [-0.4, -0.2) is 55.6 Å². The van der Waals surface area contributed by atoms with E-state index in [1.54, 1.807) is 28.2 Å². The Hall–Kier alpha value is -2.98. The number of hydrogen-bond acceptors (Lipinski definition) is 9. The van der Waals surface area contributed by atoms with Gasteiger partial charge in [0, 0.05) is 43.8 Å². The average molecular weight is 382 g/mol. The van der Waals surface area contributed by atoms with E-state index in [-0.39, 0.29) is 0 Å². The van der Waals surface area contributed by atoms with Crippen LogP contribution in [0, 0.1) is 0 Å². The fraction of sp³-hybridized carbons (Fsp3) is 0.294. The molecule has 0 unspecified atom stereocenters. The lowest BCUT2D eigenvalue weighted by Crippen LogP contribution is -2.46. The molecule has 1 aliphatic rings. The van der Waals surface area contributed by atoms with E-state index in [0.29, 0.717) is 23.2 Å². The minimum Gasteiger partial charge on any atom is -0.461 e. The van der Waals surface area contributed by atoms with Crippen LogP contribution in [0.3, 0.4) is 0 Å². The molecule has 10 heteroatoms. The molecule has 1 fully saturated rings. The molecule has 0 saturated carbocycles. The first-order valence-electron chi connectivity index (χ1n) is 8.69. The van der Waals surface area contributed by atoms with Gasteiger partial charge in [-0.2, -0.15) is 9.50 Å². The van der Waals surface area contributed by atoms with Crippen LogP contribution in [-0.2, 0) is 6.54 Å². The lowest BCUT2D eigenvalue weighted by molar-refractivity contribution is 0.249. The van der Waals surface area contributed by atoms with E-state index in [1.165, 1.54) is 0 Å². The smallest absolute Gasteiger partial charge is 0.225 e. The fourth-order valence-electron chi connectivity index (χ4n) is 3.23. The number of furan rings is 1. The molecule has 9 nitrogen and oxygen atoms in total. The van der Waals surface area contributed by atoms with Crippen LogP contribution in [0.4, 0.5) is 11.8 Å². The molecule has 1 aliphatic heterocycles. The lowest BCUT2D eigenvalue weighted by Gasteiger charge is -2.34. The van der Waals surface area contributed by atoms with Gasteiger partial charge in [-0.25, -0.2) is 9.97 Å². The highest BCUT2D eigenvalue weighted by Gasteiger charge is 2.21. The molecule has 5 heterocycles. The van der Waals surface area contributed by atoms with E-state index in [4.69, 9.17) is 10.2 Å². The van der Waals surface area contributed by atoms with Crippen molar-refractivity contribution in [3.8, 4) is 11.6 Å². The van der Waals surface area contributed by atoms with Gasteiger partial charge >= 0.3 is 0 Å². The standard InChI is InChI=1S/C17H18N8OS/c18-17-21-13(10-14-20-16(22-25(14)17)12-2-1-8-26-12)24-6-4-23(5-7-24)11-15-19-3-9-27-15/h1-3,8-10H,4-7,11H2,(H2,18,21). The summed E-state index contributed by atoms with van der Waals surface area (Å²) in [6.45, 7) is 4.57. The quantitative estimate of drug-likeness (QED) is 0.570. The first-order valence-corrected chi connectivity index (χ1v) is 9.57. The summed E-state index contributed by atoms with van der Waals surface area (Å²) in [4.78, 5) is 18.1. The SMILES string of the molecule is Nc1nc(N2CCN(Cc3nccs3)CC2)cc2nc(-c3ccco3)nn12. The molecule has 0 amide bonds. The topological polar surface area (TPSA) is 102 Å². The number of hydrogen-bond donors (Lipinski definition) is 1. The minimum absolute atomic E-state index is 0.318. The summed E-state index contributed by atoms with van der Waals surface area (Å²) < 4.78 is 6.91. The molecule has 0 aromatic carbocycles. The zero-order valence-corrected chi connectivity index (χ0v) is 15.3. The molecule has 0 spiro atoms. The summed E-state index contributed by atoms with van der Waals surface area (Å²) in [6, 6.07) is 5.55. The molecule has 4 aromatic rings. The lowest BCUT2D eigenvalue weighted by atomic mass is 10.3. The van der Waals surface area contributed by atoms with E-state index in [0.717, 1.165) is 43.5 Å². The Kier molecular flexibility index (Phi) is 3.98. The van der Waals surface area contributed by atoms with Gasteiger partial charge in [0.1, 0.15) is 10.8 Å². The van der Waals surface area contributed by atoms with Gasteiger partial charge in [0.05, 0.1) is 12.8 Å². The van der Waals surface area contributed by atoms with Crippen molar-refractivity contribution in [1.82, 2.24) is 29.5 Å². The van der Waals surface area contributed by atoms with E-state index in [2.05, 4.69) is 29.9 Å². The highest BCUT2D eigenvalue weighted by atomic mass is 32.1. The summed E-state index contributed by atoms with van der Waals surface area (Å²) in [7, 11) is 0. The number of piperazine rings is 1. The van der Waals surface area contributed by atoms with Gasteiger partial charge < -0.3 is 15.1 Å². The van der Waals surface area contributed by atoms with E-state index >= 15 is 0 Å². The molecule has 2 N–H and O–H groups in total. The second kappa shape index (κ2) is 6.63. The van der Waals surface area contributed by atoms with Crippen molar-refractivity contribution in [3.05, 3.63) is 41.0 Å². The number of nitrogens with two attached hydrogens (primary N) is 1. The average Bonchev–Trinajstić information content (AvgIpc) is 3.43. The van der Waals surface area contributed by atoms with Crippen molar-refractivity contribution >= 4 is 28.8 Å². The molecule has 0 atom stereocenters. The third kappa shape index (κ3) is 3.13. The Morgan fingerprint density at radius 2 is 2.07 bits per heavy atom. The maximum absolute atomic E-state index is 6.12. The van der Waals surface area contributed by atoms with Crippen LogP contribution in [0.2, 0.25) is 0 Å². The van der Waals surface area contributed by atoms with Crippen LogP contribution in [0.15, 0.2) is 40.5 Å². The van der Waals surface area contributed by atoms with E-state index < -0.39 is 0 Å². The number of rotatable bonds is 4. The van der Waals surface area contributed by atoms with Crippen molar-refractivity contribution in [2.45, 2.75) is 6.54 Å². The van der Waals surface area contributed by atoms with Crippen LogP contribution in [0.5, 0.6) is 0 Å². The maximum Gasteiger partial charge on any atom is 0.225 e. The Morgan fingerprint density at radius 1 is 1.19 bits per heavy atom. The third-order valence-corrected chi connectivity index (χ3v) is 5.38. The maximum atomic E-state index is 6.12. The number of anilines is 2. The predicted octanol–water partition coefficient (Wildman–Crippen LogP) is 1.75. The van der Waals surface area contributed by atoms with Crippen LogP contribution in [0.25, 0.3) is 17.2 Å². The number of nitrogen functional groups attached to an aromatic ring is 1. The minimum atomic E-state index is 0.318. The van der Waals surface area contributed by atoms with Gasteiger partial charge in [-0.05, 0) is 12.1 Å². The van der Waals surface area contributed by atoms with E-state index in [9.17, 15) is 0 Å². The Balaban J connectivity index is 1.34. The van der Waals surface area contributed by atoms with Crippen molar-refractivity contribution in [1.29, 1.82) is 0 Å². The molecular formula is C17H18N8OS. The van der Waals surface area contributed by atoms with Crippen molar-refractivity contribution in [2.24, 2.45) is 0 Å². The molecule has 5 rings (SSSR count). The van der Waals surface area contributed by atoms with Gasteiger partial charge in [0.25, 0.3) is 0 Å². The molecule has 0 aliphatic carbocycles. The van der Waals surface area contributed by atoms with Crippen molar-refractivity contribution in [2.75, 3.05) is 36.8 Å². The first kappa shape index (κ1) is 16.2. The zero-order valence-electron chi connectivity index (χ0n) is 14.5. The summed E-state index contributed by atoms with van der Waals surface area (Å²) >= 11 is 1.70. The summed E-state index contributed by atoms with van der Waals surface area (Å²) in [5, 5.41) is 7.56. The van der Waals surface area contributed by atoms with Crippen LogP contribution >= 0.6 is 11.3 Å². The number of nitrogens with zero attached hydrogens (tertiary/aromatic N) is 7. The number of thiazole rings is 1. The number of fused-ring (bicyclic) bond motifs is 1. The van der Waals surface area contributed by atoms with Crippen LogP contribution in [0.1, 0.15) is 5.01 Å². The normalized spacial score (nSPS) is 15.6. The Bertz CT molecular complexity index is 1030. The zero-order chi connectivity index (χ0) is 18.2. The second-order valence-electron chi connectivity index (χ2n) is 6.34. The summed E-state index contributed by atoms with van der Waals surface area (Å²) in [5.74, 6) is 2.25. The van der Waals surface area contributed by atoms with Crippen molar-refractivity contribution in [3.63, 3.8) is 0 Å². The molecule has 4 aromatic heterocycles. The fourth-order valence-corrected chi connectivity index (χ4v) is 3.89. The van der Waals surface area contributed by atoms with Gasteiger partial charge in [-0.15, -0.1) is 16.4 Å². The molecule has 0 radical (unpaired) electrons. The monoisotopic (exact) mass is 382 g/mol. The van der Waals surface area contributed by atoms with Gasteiger partial charge in [-0.1, -0.05) is 0 Å². The first-order chi connectivity index (χ1) is 13.3. The molecule has 138 valence electrons. The van der Waals surface area contributed by atoms with Crippen LogP contribution < -0.4 is 10.6 Å². The third-order valence-electron chi connectivity index (χ3n) is 4.62. The Morgan fingerprint density at radius 3 is 2.81 bits per heavy atom. The number of aromatic nitrogens is 5. The second-order valence-corrected chi connectivity index (χ2v) is 7.32. The van der Waals surface area contributed by atoms with E-state index in [1.807, 2.05) is 23.7 Å². The van der Waals surface area contributed by atoms with Gasteiger partial charge in [0.2, 0.25) is 11.8 Å². The van der Waals surface area contributed by atoms with Crippen molar-refractivity contribution < 1.29 is 4.42 Å². The molecule has 27 heavy (non-hydrogen) atoms.